The smallest absolute Gasteiger partial charge is 0.0627 e. The first kappa shape index (κ1) is 9.86. The first-order valence-electron chi connectivity index (χ1n) is 3.89. The second-order valence-electron chi connectivity index (χ2n) is 2.40. The zero-order valence-electron chi connectivity index (χ0n) is 6.77. The van der Waals surface area contributed by atoms with Gasteiger partial charge in [-0.05, 0) is 11.5 Å². The molecule has 0 saturated heterocycles. The summed E-state index contributed by atoms with van der Waals surface area (Å²) in [6.07, 6.45) is 5.22. The number of rotatable bonds is 4. The molecule has 0 unspecified atom stereocenters. The van der Waals surface area contributed by atoms with Crippen LogP contribution in [0, 0.1) is 0 Å². The Hall–Kier alpha value is -0.220. The molecular formula is C8H12N2S2. The van der Waals surface area contributed by atoms with E-state index in [0.29, 0.717) is 0 Å². The fourth-order valence-electron chi connectivity index (χ4n) is 1.03. The number of aryl methyl sites for hydroxylation is 2. The van der Waals surface area contributed by atoms with Crippen LogP contribution in [0.1, 0.15) is 11.4 Å². The third kappa shape index (κ3) is 2.68. The molecule has 1 rings (SSSR count). The molecule has 0 spiro atoms. The molecule has 2 nitrogen and oxygen atoms in total. The Morgan fingerprint density at radius 3 is 1.67 bits per heavy atom. The Kier molecular flexibility index (Phi) is 4.46. The summed E-state index contributed by atoms with van der Waals surface area (Å²) in [5.74, 6) is 1.64. The van der Waals surface area contributed by atoms with E-state index in [1.54, 1.807) is 12.4 Å². The molecule has 0 radical (unpaired) electrons. The highest BCUT2D eigenvalue weighted by Crippen LogP contribution is 2.04. The van der Waals surface area contributed by atoms with Gasteiger partial charge in [-0.25, -0.2) is 0 Å². The van der Waals surface area contributed by atoms with E-state index in [0.717, 1.165) is 35.7 Å². The molecule has 0 saturated carbocycles. The SMILES string of the molecule is SCCc1nccnc1CCS. The van der Waals surface area contributed by atoms with Crippen molar-refractivity contribution in [2.24, 2.45) is 0 Å². The quantitative estimate of drug-likeness (QED) is 0.719. The minimum Gasteiger partial charge on any atom is -0.258 e. The van der Waals surface area contributed by atoms with Crippen molar-refractivity contribution in [3.63, 3.8) is 0 Å². The van der Waals surface area contributed by atoms with Crippen molar-refractivity contribution >= 4 is 25.3 Å². The standard InChI is InChI=1S/C8H12N2S2/c11-5-1-7-8(2-6-12)10-4-3-9-7/h3-4,11-12H,1-2,5-6H2. The number of thiol groups is 2. The van der Waals surface area contributed by atoms with Gasteiger partial charge in [-0.1, -0.05) is 0 Å². The lowest BCUT2D eigenvalue weighted by molar-refractivity contribution is 0.915. The molecule has 0 fully saturated rings. The number of nitrogens with zero attached hydrogens (tertiary/aromatic N) is 2. The second-order valence-corrected chi connectivity index (χ2v) is 3.29. The average Bonchev–Trinajstić information content (AvgIpc) is 2.09. The number of aromatic nitrogens is 2. The lowest BCUT2D eigenvalue weighted by atomic mass is 10.2. The summed E-state index contributed by atoms with van der Waals surface area (Å²) < 4.78 is 0. The predicted molar refractivity (Wildman–Crippen MR) is 57.1 cm³/mol. The Morgan fingerprint density at radius 1 is 0.917 bits per heavy atom. The van der Waals surface area contributed by atoms with Crippen molar-refractivity contribution in [3.05, 3.63) is 23.8 Å². The van der Waals surface area contributed by atoms with Crippen LogP contribution >= 0.6 is 25.3 Å². The normalized spacial score (nSPS) is 10.2. The van der Waals surface area contributed by atoms with Crippen LogP contribution in [0.5, 0.6) is 0 Å². The molecule has 0 bridgehead atoms. The molecular weight excluding hydrogens is 188 g/mol. The minimum atomic E-state index is 0.818. The Balaban J connectivity index is 2.77. The van der Waals surface area contributed by atoms with Crippen molar-refractivity contribution in [2.75, 3.05) is 11.5 Å². The van der Waals surface area contributed by atoms with E-state index in [4.69, 9.17) is 0 Å². The lowest BCUT2D eigenvalue weighted by Gasteiger charge is -2.03. The van der Waals surface area contributed by atoms with E-state index in [-0.39, 0.29) is 0 Å². The van der Waals surface area contributed by atoms with E-state index in [1.807, 2.05) is 0 Å². The molecule has 0 N–H and O–H groups in total. The maximum absolute atomic E-state index is 4.24. The van der Waals surface area contributed by atoms with Gasteiger partial charge in [-0.3, -0.25) is 9.97 Å². The Labute approximate surface area is 83.6 Å². The highest BCUT2D eigenvalue weighted by molar-refractivity contribution is 7.80. The van der Waals surface area contributed by atoms with Gasteiger partial charge in [0.1, 0.15) is 0 Å². The molecule has 12 heavy (non-hydrogen) atoms. The molecule has 0 aliphatic carbocycles. The Morgan fingerprint density at radius 2 is 1.33 bits per heavy atom. The maximum Gasteiger partial charge on any atom is 0.0627 e. The predicted octanol–water partition coefficient (Wildman–Crippen LogP) is 1.42. The van der Waals surface area contributed by atoms with Crippen LogP contribution in [0.3, 0.4) is 0 Å². The van der Waals surface area contributed by atoms with Gasteiger partial charge in [0.2, 0.25) is 0 Å². The lowest BCUT2D eigenvalue weighted by Crippen LogP contribution is -2.02. The molecule has 0 aliphatic rings. The van der Waals surface area contributed by atoms with Crippen LogP contribution in [0.25, 0.3) is 0 Å². The van der Waals surface area contributed by atoms with Crippen molar-refractivity contribution < 1.29 is 0 Å². The molecule has 0 atom stereocenters. The summed E-state index contributed by atoms with van der Waals surface area (Å²) in [6.45, 7) is 0. The molecule has 1 heterocycles. The van der Waals surface area contributed by atoms with Crippen molar-refractivity contribution in [2.45, 2.75) is 12.8 Å². The fourth-order valence-corrected chi connectivity index (χ4v) is 1.45. The van der Waals surface area contributed by atoms with Crippen molar-refractivity contribution in [3.8, 4) is 0 Å². The summed E-state index contributed by atoms with van der Waals surface area (Å²) in [7, 11) is 0. The first-order chi connectivity index (χ1) is 5.88. The summed E-state index contributed by atoms with van der Waals surface area (Å²) in [4.78, 5) is 8.48. The molecule has 4 heteroatoms. The van der Waals surface area contributed by atoms with Crippen molar-refractivity contribution in [1.82, 2.24) is 9.97 Å². The second kappa shape index (κ2) is 5.43. The fraction of sp³-hybridized carbons (Fsp3) is 0.500. The van der Waals surface area contributed by atoms with Gasteiger partial charge in [0.05, 0.1) is 11.4 Å². The summed E-state index contributed by atoms with van der Waals surface area (Å²) >= 11 is 8.32. The Bertz CT molecular complexity index is 215. The van der Waals surface area contributed by atoms with E-state index in [2.05, 4.69) is 35.2 Å². The van der Waals surface area contributed by atoms with Gasteiger partial charge < -0.3 is 0 Å². The van der Waals surface area contributed by atoms with Crippen LogP contribution in [0.15, 0.2) is 12.4 Å². The maximum atomic E-state index is 4.24. The first-order valence-corrected chi connectivity index (χ1v) is 5.15. The summed E-state index contributed by atoms with van der Waals surface area (Å²) in [5.41, 5.74) is 2.11. The highest BCUT2D eigenvalue weighted by atomic mass is 32.1. The van der Waals surface area contributed by atoms with Gasteiger partial charge in [0, 0.05) is 25.2 Å². The topological polar surface area (TPSA) is 25.8 Å². The molecule has 0 aliphatic heterocycles. The van der Waals surface area contributed by atoms with E-state index < -0.39 is 0 Å². The zero-order chi connectivity index (χ0) is 8.81. The zero-order valence-corrected chi connectivity index (χ0v) is 8.56. The monoisotopic (exact) mass is 200 g/mol. The van der Waals surface area contributed by atoms with Crippen LogP contribution in [-0.2, 0) is 12.8 Å². The summed E-state index contributed by atoms with van der Waals surface area (Å²) in [6, 6.07) is 0. The van der Waals surface area contributed by atoms with Gasteiger partial charge in [0.25, 0.3) is 0 Å². The molecule has 1 aromatic heterocycles. The molecule has 0 aromatic carbocycles. The van der Waals surface area contributed by atoms with Crippen LogP contribution < -0.4 is 0 Å². The van der Waals surface area contributed by atoms with Gasteiger partial charge >= 0.3 is 0 Å². The number of hydrogen-bond acceptors (Lipinski definition) is 4. The van der Waals surface area contributed by atoms with Crippen molar-refractivity contribution in [1.29, 1.82) is 0 Å². The molecule has 66 valence electrons. The van der Waals surface area contributed by atoms with Gasteiger partial charge in [0.15, 0.2) is 0 Å². The van der Waals surface area contributed by atoms with Crippen LogP contribution in [0.4, 0.5) is 0 Å². The van der Waals surface area contributed by atoms with E-state index in [9.17, 15) is 0 Å². The summed E-state index contributed by atoms with van der Waals surface area (Å²) in [5, 5.41) is 0. The van der Waals surface area contributed by atoms with Crippen LogP contribution in [-0.4, -0.2) is 21.5 Å². The largest absolute Gasteiger partial charge is 0.258 e. The average molecular weight is 200 g/mol. The van der Waals surface area contributed by atoms with E-state index in [1.165, 1.54) is 0 Å². The van der Waals surface area contributed by atoms with Crippen LogP contribution in [0.2, 0.25) is 0 Å². The third-order valence-corrected chi connectivity index (χ3v) is 2.00. The van der Waals surface area contributed by atoms with Gasteiger partial charge in [-0.15, -0.1) is 0 Å². The minimum absolute atomic E-state index is 0.818. The third-order valence-electron chi connectivity index (χ3n) is 1.56. The molecule has 1 aromatic rings. The van der Waals surface area contributed by atoms with Gasteiger partial charge in [-0.2, -0.15) is 25.3 Å². The number of hydrogen-bond donors (Lipinski definition) is 2. The highest BCUT2D eigenvalue weighted by Gasteiger charge is 2.01. The van der Waals surface area contributed by atoms with E-state index >= 15 is 0 Å². The molecule has 0 amide bonds.